The second kappa shape index (κ2) is 5.49. The zero-order valence-corrected chi connectivity index (χ0v) is 13.6. The molecule has 1 aromatic rings. The van der Waals surface area contributed by atoms with Gasteiger partial charge in [0.05, 0.1) is 10.6 Å². The van der Waals surface area contributed by atoms with Crippen molar-refractivity contribution in [3.63, 3.8) is 0 Å². The third-order valence-electron chi connectivity index (χ3n) is 5.31. The van der Waals surface area contributed by atoms with Crippen LogP contribution in [0.15, 0.2) is 23.1 Å². The maximum Gasteiger partial charge on any atom is 0.262 e. The molecule has 0 saturated heterocycles. The molecule has 3 atom stereocenters. The van der Waals surface area contributed by atoms with E-state index in [1.54, 1.807) is 6.07 Å². The lowest BCUT2D eigenvalue weighted by molar-refractivity contribution is -0.118. The fourth-order valence-electron chi connectivity index (χ4n) is 4.16. The molecule has 1 heterocycles. The van der Waals surface area contributed by atoms with Gasteiger partial charge in [-0.1, -0.05) is 6.42 Å². The summed E-state index contributed by atoms with van der Waals surface area (Å²) >= 11 is 0. The lowest BCUT2D eigenvalue weighted by Gasteiger charge is -2.22. The van der Waals surface area contributed by atoms with Crippen molar-refractivity contribution in [2.75, 3.05) is 18.5 Å². The fourth-order valence-corrected chi connectivity index (χ4v) is 5.28. The van der Waals surface area contributed by atoms with Crippen LogP contribution in [-0.2, 0) is 14.8 Å². The van der Waals surface area contributed by atoms with Gasteiger partial charge in [-0.2, -0.15) is 0 Å². The molecule has 1 aromatic carbocycles. The first-order chi connectivity index (χ1) is 11.0. The zero-order valence-electron chi connectivity index (χ0n) is 12.7. The van der Waals surface area contributed by atoms with E-state index in [2.05, 4.69) is 10.0 Å². The quantitative estimate of drug-likeness (QED) is 0.877. The highest BCUT2D eigenvalue weighted by Crippen LogP contribution is 2.48. The van der Waals surface area contributed by atoms with Crippen molar-refractivity contribution >= 4 is 21.6 Å². The van der Waals surface area contributed by atoms with Gasteiger partial charge in [-0.15, -0.1) is 0 Å². The van der Waals surface area contributed by atoms with Gasteiger partial charge in [0.25, 0.3) is 5.91 Å². The SMILES string of the molecule is O=C1COc2ccc(S(=O)(=O)NC[C@H]3C[C@@H]4CC[C@@H]3C4)cc2N1. The van der Waals surface area contributed by atoms with Gasteiger partial charge in [0, 0.05) is 6.54 Å². The summed E-state index contributed by atoms with van der Waals surface area (Å²) in [6, 6.07) is 4.55. The van der Waals surface area contributed by atoms with Crippen LogP contribution in [0.4, 0.5) is 5.69 Å². The summed E-state index contributed by atoms with van der Waals surface area (Å²) in [6.07, 6.45) is 4.94. The van der Waals surface area contributed by atoms with Crippen LogP contribution in [0.2, 0.25) is 0 Å². The van der Waals surface area contributed by atoms with Gasteiger partial charge in [-0.05, 0) is 55.2 Å². The largest absolute Gasteiger partial charge is 0.482 e. The molecule has 23 heavy (non-hydrogen) atoms. The number of hydrogen-bond donors (Lipinski definition) is 2. The molecule has 0 unspecified atom stereocenters. The van der Waals surface area contributed by atoms with Crippen LogP contribution in [0.3, 0.4) is 0 Å². The van der Waals surface area contributed by atoms with Gasteiger partial charge in [0.15, 0.2) is 6.61 Å². The average molecular weight is 336 g/mol. The molecule has 124 valence electrons. The Hall–Kier alpha value is -1.60. The predicted molar refractivity (Wildman–Crippen MR) is 84.7 cm³/mol. The van der Waals surface area contributed by atoms with E-state index >= 15 is 0 Å². The van der Waals surface area contributed by atoms with Gasteiger partial charge in [-0.3, -0.25) is 4.79 Å². The summed E-state index contributed by atoms with van der Waals surface area (Å²) < 4.78 is 33.0. The minimum atomic E-state index is -3.57. The lowest BCUT2D eigenvalue weighted by Crippen LogP contribution is -2.32. The Morgan fingerprint density at radius 1 is 1.26 bits per heavy atom. The van der Waals surface area contributed by atoms with Crippen molar-refractivity contribution in [2.45, 2.75) is 30.6 Å². The van der Waals surface area contributed by atoms with E-state index in [1.165, 1.54) is 31.4 Å². The Bertz CT molecular complexity index is 746. The molecular weight excluding hydrogens is 316 g/mol. The number of sulfonamides is 1. The number of nitrogens with one attached hydrogen (secondary N) is 2. The summed E-state index contributed by atoms with van der Waals surface area (Å²) in [5.41, 5.74) is 0.407. The monoisotopic (exact) mass is 336 g/mol. The number of hydrogen-bond acceptors (Lipinski definition) is 4. The minimum Gasteiger partial charge on any atom is -0.482 e. The van der Waals surface area contributed by atoms with Crippen LogP contribution in [-0.4, -0.2) is 27.5 Å². The third kappa shape index (κ3) is 2.83. The number of ether oxygens (including phenoxy) is 1. The van der Waals surface area contributed by atoms with Crippen LogP contribution < -0.4 is 14.8 Å². The fraction of sp³-hybridized carbons (Fsp3) is 0.562. The van der Waals surface area contributed by atoms with Crippen molar-refractivity contribution in [3.8, 4) is 5.75 Å². The number of benzene rings is 1. The number of carbonyl (C=O) groups is 1. The first-order valence-electron chi connectivity index (χ1n) is 8.07. The minimum absolute atomic E-state index is 0.0401. The molecule has 1 amide bonds. The number of rotatable bonds is 4. The number of amides is 1. The van der Waals surface area contributed by atoms with Crippen LogP contribution in [0.1, 0.15) is 25.7 Å². The van der Waals surface area contributed by atoms with Crippen molar-refractivity contribution < 1.29 is 17.9 Å². The average Bonchev–Trinajstić information content (AvgIpc) is 3.15. The molecule has 6 nitrogen and oxygen atoms in total. The molecule has 1 aliphatic heterocycles. The number of anilines is 1. The first kappa shape index (κ1) is 15.0. The van der Waals surface area contributed by atoms with Gasteiger partial charge in [0.2, 0.25) is 10.0 Å². The van der Waals surface area contributed by atoms with E-state index < -0.39 is 10.0 Å². The predicted octanol–water partition coefficient (Wildman–Crippen LogP) is 1.73. The third-order valence-corrected chi connectivity index (χ3v) is 6.74. The zero-order chi connectivity index (χ0) is 16.0. The van der Waals surface area contributed by atoms with Crippen molar-refractivity contribution in [2.24, 2.45) is 17.8 Å². The Morgan fingerprint density at radius 2 is 2.13 bits per heavy atom. The van der Waals surface area contributed by atoms with Crippen LogP contribution in [0.25, 0.3) is 0 Å². The Balaban J connectivity index is 1.48. The molecule has 0 aromatic heterocycles. The van der Waals surface area contributed by atoms with E-state index in [9.17, 15) is 13.2 Å². The summed E-state index contributed by atoms with van der Waals surface area (Å²) in [6.45, 7) is 0.463. The highest BCUT2D eigenvalue weighted by Gasteiger charge is 2.39. The lowest BCUT2D eigenvalue weighted by atomic mass is 9.89. The Morgan fingerprint density at radius 3 is 2.87 bits per heavy atom. The first-order valence-corrected chi connectivity index (χ1v) is 9.56. The molecule has 2 saturated carbocycles. The van der Waals surface area contributed by atoms with Crippen molar-refractivity contribution in [3.05, 3.63) is 18.2 Å². The van der Waals surface area contributed by atoms with Crippen LogP contribution in [0, 0.1) is 17.8 Å². The Labute approximate surface area is 135 Å². The van der Waals surface area contributed by atoms with Crippen molar-refractivity contribution in [1.82, 2.24) is 4.72 Å². The summed E-state index contributed by atoms with van der Waals surface area (Å²) in [7, 11) is -3.57. The Kier molecular flexibility index (Phi) is 3.57. The molecular formula is C16H20N2O4S. The van der Waals surface area contributed by atoms with E-state index in [0.29, 0.717) is 29.8 Å². The number of fused-ring (bicyclic) bond motifs is 3. The number of carbonyl (C=O) groups excluding carboxylic acids is 1. The maximum absolute atomic E-state index is 12.5. The highest BCUT2D eigenvalue weighted by atomic mass is 32.2. The molecule has 4 rings (SSSR count). The van der Waals surface area contributed by atoms with Gasteiger partial charge in [-0.25, -0.2) is 13.1 Å². The van der Waals surface area contributed by atoms with Crippen molar-refractivity contribution in [1.29, 1.82) is 0 Å². The smallest absolute Gasteiger partial charge is 0.262 e. The molecule has 2 N–H and O–H groups in total. The summed E-state index contributed by atoms with van der Waals surface area (Å²) in [5, 5.41) is 2.64. The molecule has 2 bridgehead atoms. The molecule has 0 spiro atoms. The van der Waals surface area contributed by atoms with Crippen LogP contribution >= 0.6 is 0 Å². The second-order valence-corrected chi connectivity index (χ2v) is 8.55. The second-order valence-electron chi connectivity index (χ2n) is 6.78. The standard InChI is InChI=1S/C16H20N2O4S/c19-16-9-22-15-4-3-13(7-14(15)18-16)23(20,21)17-8-12-6-10-1-2-11(12)5-10/h3-4,7,10-12,17H,1-2,5-6,8-9H2,(H,18,19)/t10-,11-,12-/m1/s1. The normalized spacial score (nSPS) is 29.0. The molecule has 2 fully saturated rings. The van der Waals surface area contributed by atoms with Gasteiger partial charge in [0.1, 0.15) is 5.75 Å². The molecule has 3 aliphatic rings. The van der Waals surface area contributed by atoms with Crippen LogP contribution in [0.5, 0.6) is 5.75 Å². The van der Waals surface area contributed by atoms with E-state index in [-0.39, 0.29) is 17.4 Å². The van der Waals surface area contributed by atoms with E-state index in [0.717, 1.165) is 12.3 Å². The van der Waals surface area contributed by atoms with E-state index in [1.807, 2.05) is 0 Å². The van der Waals surface area contributed by atoms with Gasteiger partial charge < -0.3 is 10.1 Å². The van der Waals surface area contributed by atoms with Gasteiger partial charge >= 0.3 is 0 Å². The topological polar surface area (TPSA) is 84.5 Å². The summed E-state index contributed by atoms with van der Waals surface area (Å²) in [5.74, 6) is 2.16. The molecule has 2 aliphatic carbocycles. The molecule has 7 heteroatoms. The van der Waals surface area contributed by atoms with E-state index in [4.69, 9.17) is 4.74 Å². The molecule has 0 radical (unpaired) electrons. The highest BCUT2D eigenvalue weighted by molar-refractivity contribution is 7.89. The summed E-state index contributed by atoms with van der Waals surface area (Å²) in [4.78, 5) is 11.5. The maximum atomic E-state index is 12.5.